The predicted molar refractivity (Wildman–Crippen MR) is 99.2 cm³/mol. The molecule has 3 N–H and O–H groups in total. The Labute approximate surface area is 164 Å². The van der Waals surface area contributed by atoms with Gasteiger partial charge in [0.2, 0.25) is 15.9 Å². The van der Waals surface area contributed by atoms with E-state index in [0.717, 1.165) is 13.1 Å². The first-order chi connectivity index (χ1) is 12.9. The highest BCUT2D eigenvalue weighted by Gasteiger charge is 2.43. The van der Waals surface area contributed by atoms with E-state index in [4.69, 9.17) is 16.3 Å². The summed E-state index contributed by atoms with van der Waals surface area (Å²) >= 11 is 6.15. The molecule has 11 heteroatoms. The molecule has 0 aromatic carbocycles. The van der Waals surface area contributed by atoms with Crippen molar-refractivity contribution in [2.75, 3.05) is 38.7 Å². The summed E-state index contributed by atoms with van der Waals surface area (Å²) in [6, 6.07) is 0.00379. The molecule has 4 unspecified atom stereocenters. The Morgan fingerprint density at radius 2 is 2.04 bits per heavy atom. The van der Waals surface area contributed by atoms with Crippen molar-refractivity contribution in [3.05, 3.63) is 0 Å². The number of nitrogens with zero attached hydrogens (tertiary/aromatic N) is 1. The number of ether oxygens (including phenoxy) is 1. The molecule has 3 aliphatic rings. The van der Waals surface area contributed by atoms with Crippen LogP contribution < -0.4 is 15.6 Å². The fourth-order valence-corrected chi connectivity index (χ4v) is 5.71. The van der Waals surface area contributed by atoms with E-state index in [9.17, 15) is 17.6 Å². The summed E-state index contributed by atoms with van der Waals surface area (Å²) in [7, 11) is -3.69. The average molecular weight is 427 g/mol. The monoisotopic (exact) mass is 426 g/mol. The van der Waals surface area contributed by atoms with Crippen molar-refractivity contribution in [3.63, 3.8) is 0 Å². The molecule has 3 fully saturated rings. The van der Waals surface area contributed by atoms with Gasteiger partial charge in [-0.25, -0.2) is 12.8 Å². The Morgan fingerprint density at radius 1 is 1.30 bits per heavy atom. The van der Waals surface area contributed by atoms with Crippen LogP contribution in [0.1, 0.15) is 25.7 Å². The van der Waals surface area contributed by atoms with Gasteiger partial charge in [0, 0.05) is 39.0 Å². The molecule has 1 aliphatic carbocycles. The van der Waals surface area contributed by atoms with E-state index < -0.39 is 33.4 Å². The number of carbonyl (C=O) groups is 1. The molecule has 2 aliphatic heterocycles. The summed E-state index contributed by atoms with van der Waals surface area (Å²) in [5.41, 5.74) is 2.20. The van der Waals surface area contributed by atoms with Crippen molar-refractivity contribution < 1.29 is 22.3 Å². The molecule has 4 atom stereocenters. The maximum Gasteiger partial charge on any atom is 0.241 e. The van der Waals surface area contributed by atoms with E-state index in [1.54, 1.807) is 0 Å². The fourth-order valence-electron chi connectivity index (χ4n) is 4.03. The molecule has 0 bridgehead atoms. The standard InChI is InChI=1S/C16H28ClFN4O4S/c17-14-8-12(22-4-3-19-10-22)7-13(15(14)18)16(23)20-21-27(24,25)9-11-1-5-26-6-2-11/h11-15,19,21H,1-10H2,(H,20,23). The highest BCUT2D eigenvalue weighted by molar-refractivity contribution is 7.89. The summed E-state index contributed by atoms with van der Waals surface area (Å²) < 4.78 is 44.1. The smallest absolute Gasteiger partial charge is 0.241 e. The molecule has 1 amide bonds. The van der Waals surface area contributed by atoms with Gasteiger partial charge in [0.25, 0.3) is 0 Å². The Kier molecular flexibility index (Phi) is 7.32. The minimum atomic E-state index is -3.69. The van der Waals surface area contributed by atoms with Crippen LogP contribution in [0.3, 0.4) is 0 Å². The third kappa shape index (κ3) is 5.74. The Balaban J connectivity index is 1.53. The van der Waals surface area contributed by atoms with Gasteiger partial charge in [-0.15, -0.1) is 16.4 Å². The lowest BCUT2D eigenvalue weighted by Crippen LogP contribution is -2.53. The van der Waals surface area contributed by atoms with Crippen molar-refractivity contribution in [3.8, 4) is 0 Å². The molecular formula is C16H28ClFN4O4S. The molecule has 156 valence electrons. The van der Waals surface area contributed by atoms with Crippen LogP contribution in [0, 0.1) is 11.8 Å². The summed E-state index contributed by atoms with van der Waals surface area (Å²) in [4.78, 5) is 16.7. The zero-order valence-corrected chi connectivity index (χ0v) is 16.8. The Morgan fingerprint density at radius 3 is 2.70 bits per heavy atom. The first-order valence-electron chi connectivity index (χ1n) is 9.45. The van der Waals surface area contributed by atoms with E-state index in [2.05, 4.69) is 20.5 Å². The van der Waals surface area contributed by atoms with Gasteiger partial charge in [0.05, 0.1) is 17.0 Å². The third-order valence-corrected chi connectivity index (χ3v) is 7.36. The lowest BCUT2D eigenvalue weighted by Gasteiger charge is -2.38. The quantitative estimate of drug-likeness (QED) is 0.407. The number of nitrogens with one attached hydrogen (secondary N) is 3. The molecule has 27 heavy (non-hydrogen) atoms. The molecule has 2 saturated heterocycles. The number of rotatable bonds is 6. The van der Waals surface area contributed by atoms with Gasteiger partial charge in [0.1, 0.15) is 6.17 Å². The van der Waals surface area contributed by atoms with Gasteiger partial charge in [-0.3, -0.25) is 15.1 Å². The summed E-state index contributed by atoms with van der Waals surface area (Å²) in [5, 5.41) is 2.45. The lowest BCUT2D eigenvalue weighted by molar-refractivity contribution is -0.129. The SMILES string of the molecule is O=C(NNS(=O)(=O)CC1CCOCC1)C1CC(N2CCNC2)CC(Cl)C1F. The van der Waals surface area contributed by atoms with Crippen LogP contribution in [-0.2, 0) is 19.6 Å². The molecule has 0 radical (unpaired) electrons. The zero-order chi connectivity index (χ0) is 19.4. The summed E-state index contributed by atoms with van der Waals surface area (Å²) in [6.07, 6.45) is 0.634. The summed E-state index contributed by atoms with van der Waals surface area (Å²) in [5.74, 6) is -1.73. The minimum absolute atomic E-state index is 0.00368. The molecule has 0 aromatic rings. The highest BCUT2D eigenvalue weighted by Crippen LogP contribution is 2.34. The van der Waals surface area contributed by atoms with Gasteiger partial charge in [-0.1, -0.05) is 0 Å². The Hall–Kier alpha value is -0.520. The second-order valence-corrected chi connectivity index (χ2v) is 9.92. The zero-order valence-electron chi connectivity index (χ0n) is 15.2. The van der Waals surface area contributed by atoms with Gasteiger partial charge < -0.3 is 10.1 Å². The molecule has 3 rings (SSSR count). The largest absolute Gasteiger partial charge is 0.381 e. The molecular weight excluding hydrogens is 399 g/mol. The minimum Gasteiger partial charge on any atom is -0.381 e. The first kappa shape index (κ1) is 21.2. The second-order valence-electron chi connectivity index (χ2n) is 7.59. The summed E-state index contributed by atoms with van der Waals surface area (Å²) in [6.45, 7) is 3.46. The van der Waals surface area contributed by atoms with Crippen LogP contribution in [0.4, 0.5) is 4.39 Å². The number of alkyl halides is 2. The maximum atomic E-state index is 14.5. The van der Waals surface area contributed by atoms with Crippen LogP contribution in [0.25, 0.3) is 0 Å². The van der Waals surface area contributed by atoms with Crippen LogP contribution in [0.2, 0.25) is 0 Å². The average Bonchev–Trinajstić information content (AvgIpc) is 3.17. The van der Waals surface area contributed by atoms with E-state index in [1.807, 2.05) is 0 Å². The predicted octanol–water partition coefficient (Wildman–Crippen LogP) is -0.0496. The van der Waals surface area contributed by atoms with Crippen molar-refractivity contribution in [1.29, 1.82) is 0 Å². The van der Waals surface area contributed by atoms with Gasteiger partial charge in [-0.2, -0.15) is 0 Å². The molecule has 8 nitrogen and oxygen atoms in total. The van der Waals surface area contributed by atoms with Crippen molar-refractivity contribution >= 4 is 27.5 Å². The first-order valence-corrected chi connectivity index (χ1v) is 11.5. The molecule has 2 heterocycles. The number of hydrogen-bond donors (Lipinski definition) is 3. The number of carbonyl (C=O) groups excluding carboxylic acids is 1. The highest BCUT2D eigenvalue weighted by atomic mass is 35.5. The number of hydrogen-bond acceptors (Lipinski definition) is 6. The van der Waals surface area contributed by atoms with Crippen LogP contribution in [0.15, 0.2) is 0 Å². The number of amides is 1. The normalized spacial score (nSPS) is 33.9. The lowest BCUT2D eigenvalue weighted by atomic mass is 9.82. The van der Waals surface area contributed by atoms with Crippen LogP contribution in [0.5, 0.6) is 0 Å². The van der Waals surface area contributed by atoms with Crippen molar-refractivity contribution in [2.45, 2.75) is 43.3 Å². The van der Waals surface area contributed by atoms with Crippen LogP contribution >= 0.6 is 11.6 Å². The van der Waals surface area contributed by atoms with E-state index >= 15 is 0 Å². The maximum absolute atomic E-state index is 14.5. The van der Waals surface area contributed by atoms with Crippen molar-refractivity contribution in [2.24, 2.45) is 11.8 Å². The fraction of sp³-hybridized carbons (Fsp3) is 0.938. The van der Waals surface area contributed by atoms with E-state index in [-0.39, 0.29) is 17.7 Å². The third-order valence-electron chi connectivity index (χ3n) is 5.62. The second kappa shape index (κ2) is 9.32. The molecule has 1 saturated carbocycles. The molecule has 0 aromatic heterocycles. The number of halogens is 2. The van der Waals surface area contributed by atoms with E-state index in [0.29, 0.717) is 45.6 Å². The topological polar surface area (TPSA) is 99.8 Å². The Bertz CT molecular complexity index is 614. The van der Waals surface area contributed by atoms with Crippen molar-refractivity contribution in [1.82, 2.24) is 20.5 Å². The van der Waals surface area contributed by atoms with E-state index in [1.165, 1.54) is 0 Å². The van der Waals surface area contributed by atoms with Gasteiger partial charge in [0.15, 0.2) is 0 Å². The van der Waals surface area contributed by atoms with Gasteiger partial charge in [-0.05, 0) is 31.6 Å². The number of sulfonamides is 1. The molecule has 0 spiro atoms. The number of hydrazine groups is 1. The van der Waals surface area contributed by atoms with Crippen LogP contribution in [-0.4, -0.2) is 75.5 Å². The van der Waals surface area contributed by atoms with Gasteiger partial charge >= 0.3 is 0 Å².